The highest BCUT2D eigenvalue weighted by molar-refractivity contribution is 5.78. The molecule has 0 radical (unpaired) electrons. The first-order valence-corrected chi connectivity index (χ1v) is 8.61. The van der Waals surface area contributed by atoms with Crippen molar-refractivity contribution in [2.75, 3.05) is 19.6 Å². The van der Waals surface area contributed by atoms with Crippen molar-refractivity contribution in [2.24, 2.45) is 5.92 Å². The van der Waals surface area contributed by atoms with Gasteiger partial charge in [0.1, 0.15) is 0 Å². The summed E-state index contributed by atoms with van der Waals surface area (Å²) in [5, 5.41) is 14.7. The molecule has 3 amide bonds. The van der Waals surface area contributed by atoms with Crippen molar-refractivity contribution >= 4 is 17.9 Å². The van der Waals surface area contributed by atoms with Crippen molar-refractivity contribution in [3.05, 3.63) is 0 Å². The normalized spacial score (nSPS) is 20.1. The number of carboxylic acid groups (broad SMARTS) is 1. The van der Waals surface area contributed by atoms with Crippen molar-refractivity contribution in [2.45, 2.75) is 57.4 Å². The summed E-state index contributed by atoms with van der Waals surface area (Å²) < 4.78 is 0. The Balaban J connectivity index is 1.59. The minimum Gasteiger partial charge on any atom is -0.481 e. The van der Waals surface area contributed by atoms with Crippen molar-refractivity contribution < 1.29 is 19.5 Å². The van der Waals surface area contributed by atoms with E-state index in [-0.39, 0.29) is 24.3 Å². The largest absolute Gasteiger partial charge is 0.481 e. The molecule has 7 nitrogen and oxygen atoms in total. The molecule has 0 bridgehead atoms. The zero-order valence-electron chi connectivity index (χ0n) is 13.6. The maximum atomic E-state index is 12.0. The zero-order valence-corrected chi connectivity index (χ0v) is 13.6. The number of likely N-dealkylation sites (tertiary alicyclic amines) is 1. The van der Waals surface area contributed by atoms with Crippen molar-refractivity contribution in [3.63, 3.8) is 0 Å². The molecule has 1 heterocycles. The molecule has 130 valence electrons. The zero-order chi connectivity index (χ0) is 16.7. The Morgan fingerprint density at radius 2 is 1.65 bits per heavy atom. The van der Waals surface area contributed by atoms with Crippen LogP contribution in [0.25, 0.3) is 0 Å². The fourth-order valence-corrected chi connectivity index (χ4v) is 3.27. The molecular formula is C16H27N3O4. The molecule has 0 aromatic carbocycles. The molecule has 0 atom stereocenters. The fraction of sp³-hybridized carbons (Fsp3) is 0.812. The summed E-state index contributed by atoms with van der Waals surface area (Å²) in [7, 11) is 0. The van der Waals surface area contributed by atoms with Crippen LogP contribution in [-0.2, 0) is 9.59 Å². The van der Waals surface area contributed by atoms with Gasteiger partial charge in [-0.15, -0.1) is 0 Å². The molecule has 2 aliphatic rings. The molecular weight excluding hydrogens is 298 g/mol. The van der Waals surface area contributed by atoms with Gasteiger partial charge in [-0.1, -0.05) is 19.3 Å². The average Bonchev–Trinajstić information content (AvgIpc) is 2.55. The molecule has 2 rings (SSSR count). The third-order valence-electron chi connectivity index (χ3n) is 4.73. The average molecular weight is 325 g/mol. The van der Waals surface area contributed by atoms with Crippen molar-refractivity contribution in [1.82, 2.24) is 15.5 Å². The van der Waals surface area contributed by atoms with Gasteiger partial charge in [0.2, 0.25) is 5.91 Å². The smallest absolute Gasteiger partial charge is 0.317 e. The van der Waals surface area contributed by atoms with E-state index in [4.69, 9.17) is 5.11 Å². The highest BCUT2D eigenvalue weighted by Gasteiger charge is 2.26. The summed E-state index contributed by atoms with van der Waals surface area (Å²) in [4.78, 5) is 36.3. The van der Waals surface area contributed by atoms with Crippen LogP contribution in [0, 0.1) is 5.92 Å². The van der Waals surface area contributed by atoms with Crippen LogP contribution in [-0.4, -0.2) is 53.6 Å². The number of rotatable bonds is 5. The molecule has 23 heavy (non-hydrogen) atoms. The molecule has 2 fully saturated rings. The lowest BCUT2D eigenvalue weighted by atomic mass is 9.95. The first kappa shape index (κ1) is 17.6. The minimum atomic E-state index is -0.788. The molecule has 0 aromatic heterocycles. The van der Waals surface area contributed by atoms with E-state index in [0.29, 0.717) is 38.5 Å². The molecule has 1 aliphatic heterocycles. The molecule has 1 saturated heterocycles. The highest BCUT2D eigenvalue weighted by atomic mass is 16.4. The Morgan fingerprint density at radius 3 is 2.26 bits per heavy atom. The van der Waals surface area contributed by atoms with E-state index in [0.717, 1.165) is 12.8 Å². The SMILES string of the molecule is O=C(CCNC(=O)N1CCC(C(=O)O)CC1)NC1CCCCC1. The standard InChI is InChI=1S/C16H27N3O4/c20-14(18-13-4-2-1-3-5-13)6-9-17-16(23)19-10-7-12(8-11-19)15(21)22/h12-13H,1-11H2,(H,17,23)(H,18,20)(H,21,22). The predicted octanol–water partition coefficient (Wildman–Crippen LogP) is 1.33. The van der Waals surface area contributed by atoms with E-state index in [1.807, 2.05) is 0 Å². The van der Waals surface area contributed by atoms with Crippen LogP contribution in [0.5, 0.6) is 0 Å². The van der Waals surface area contributed by atoms with E-state index in [1.165, 1.54) is 19.3 Å². The third kappa shape index (κ3) is 5.73. The number of piperidine rings is 1. The monoisotopic (exact) mass is 325 g/mol. The van der Waals surface area contributed by atoms with E-state index < -0.39 is 5.97 Å². The second-order valence-electron chi connectivity index (χ2n) is 6.48. The topological polar surface area (TPSA) is 98.7 Å². The fourth-order valence-electron chi connectivity index (χ4n) is 3.27. The first-order chi connectivity index (χ1) is 11.1. The summed E-state index contributed by atoms with van der Waals surface area (Å²) in [6.07, 6.45) is 6.97. The second kappa shape index (κ2) is 8.74. The number of urea groups is 1. The number of carbonyl (C=O) groups is 3. The minimum absolute atomic E-state index is 0.0122. The van der Waals surface area contributed by atoms with E-state index >= 15 is 0 Å². The van der Waals surface area contributed by atoms with Crippen LogP contribution in [0.3, 0.4) is 0 Å². The van der Waals surface area contributed by atoms with Gasteiger partial charge in [-0.2, -0.15) is 0 Å². The van der Waals surface area contributed by atoms with Gasteiger partial charge in [0.25, 0.3) is 0 Å². The molecule has 1 aliphatic carbocycles. The number of aliphatic carboxylic acids is 1. The lowest BCUT2D eigenvalue weighted by Crippen LogP contribution is -2.46. The maximum absolute atomic E-state index is 12.0. The summed E-state index contributed by atoms with van der Waals surface area (Å²) >= 11 is 0. The van der Waals surface area contributed by atoms with E-state index in [1.54, 1.807) is 4.90 Å². The highest BCUT2D eigenvalue weighted by Crippen LogP contribution is 2.18. The maximum Gasteiger partial charge on any atom is 0.317 e. The lowest BCUT2D eigenvalue weighted by molar-refractivity contribution is -0.143. The lowest BCUT2D eigenvalue weighted by Gasteiger charge is -2.30. The Bertz CT molecular complexity index is 427. The Morgan fingerprint density at radius 1 is 1.00 bits per heavy atom. The molecule has 0 unspecified atom stereocenters. The van der Waals surface area contributed by atoms with Gasteiger partial charge >= 0.3 is 12.0 Å². The van der Waals surface area contributed by atoms with Crippen molar-refractivity contribution in [3.8, 4) is 0 Å². The number of amides is 3. The van der Waals surface area contributed by atoms with Gasteiger partial charge in [-0.25, -0.2) is 4.79 Å². The van der Waals surface area contributed by atoms with Crippen molar-refractivity contribution in [1.29, 1.82) is 0 Å². The molecule has 0 spiro atoms. The van der Waals surface area contributed by atoms with Crippen LogP contribution in [0.15, 0.2) is 0 Å². The molecule has 1 saturated carbocycles. The number of nitrogens with one attached hydrogen (secondary N) is 2. The van der Waals surface area contributed by atoms with E-state index in [2.05, 4.69) is 10.6 Å². The summed E-state index contributed by atoms with van der Waals surface area (Å²) in [5.41, 5.74) is 0. The first-order valence-electron chi connectivity index (χ1n) is 8.61. The Labute approximate surface area is 136 Å². The van der Waals surface area contributed by atoms with Crippen LogP contribution in [0.4, 0.5) is 4.79 Å². The van der Waals surface area contributed by atoms with Gasteiger partial charge < -0.3 is 20.6 Å². The summed E-state index contributed by atoms with van der Waals surface area (Å²) in [6, 6.07) is 0.0845. The quantitative estimate of drug-likeness (QED) is 0.710. The molecule has 0 aromatic rings. The van der Waals surface area contributed by atoms with Gasteiger partial charge in [-0.3, -0.25) is 9.59 Å². The molecule has 7 heteroatoms. The number of hydrogen-bond donors (Lipinski definition) is 3. The van der Waals surface area contributed by atoms with Crippen LogP contribution >= 0.6 is 0 Å². The summed E-state index contributed by atoms with van der Waals surface area (Å²) in [5.74, 6) is -1.15. The number of hydrogen-bond acceptors (Lipinski definition) is 3. The third-order valence-corrected chi connectivity index (χ3v) is 4.73. The van der Waals surface area contributed by atoms with Crippen LogP contribution < -0.4 is 10.6 Å². The van der Waals surface area contributed by atoms with Gasteiger partial charge in [0.15, 0.2) is 0 Å². The predicted molar refractivity (Wildman–Crippen MR) is 85.0 cm³/mol. The van der Waals surface area contributed by atoms with Gasteiger partial charge in [0.05, 0.1) is 5.92 Å². The van der Waals surface area contributed by atoms with Crippen LogP contribution in [0.2, 0.25) is 0 Å². The van der Waals surface area contributed by atoms with Gasteiger partial charge in [0, 0.05) is 32.1 Å². The second-order valence-corrected chi connectivity index (χ2v) is 6.48. The Hall–Kier alpha value is -1.79. The number of carboxylic acids is 1. The Kier molecular flexibility index (Phi) is 6.67. The molecule has 3 N–H and O–H groups in total. The van der Waals surface area contributed by atoms with E-state index in [9.17, 15) is 14.4 Å². The van der Waals surface area contributed by atoms with Crippen LogP contribution in [0.1, 0.15) is 51.4 Å². The number of carbonyl (C=O) groups excluding carboxylic acids is 2. The van der Waals surface area contributed by atoms with Gasteiger partial charge in [-0.05, 0) is 25.7 Å². The summed E-state index contributed by atoms with van der Waals surface area (Å²) in [6.45, 7) is 1.23. The number of nitrogens with zero attached hydrogens (tertiary/aromatic N) is 1.